The van der Waals surface area contributed by atoms with Gasteiger partial charge in [-0.1, -0.05) is 11.6 Å². The Morgan fingerprint density at radius 2 is 1.97 bits per heavy atom. The van der Waals surface area contributed by atoms with Crippen LogP contribution >= 0.6 is 11.6 Å². The molecule has 1 aromatic carbocycles. The summed E-state index contributed by atoms with van der Waals surface area (Å²) in [6.07, 6.45) is 4.20. The summed E-state index contributed by atoms with van der Waals surface area (Å²) in [5.74, 6) is -0.255. The molecule has 0 radical (unpaired) electrons. The van der Waals surface area contributed by atoms with Gasteiger partial charge in [0.25, 0.3) is 0 Å². The van der Waals surface area contributed by atoms with Crippen LogP contribution in [-0.4, -0.2) is 39.2 Å². The molecule has 1 aliphatic rings. The Balaban J connectivity index is 1.55. The molecule has 0 saturated heterocycles. The number of hydrogen-bond acceptors (Lipinski definition) is 8. The molecule has 1 aliphatic heterocycles. The average molecular weight is 530 g/mol. The molecule has 0 fully saturated rings. The fourth-order valence-electron chi connectivity index (χ4n) is 3.58. The number of anilines is 1. The van der Waals surface area contributed by atoms with Crippen molar-refractivity contribution >= 4 is 28.7 Å². The van der Waals surface area contributed by atoms with E-state index in [2.05, 4.69) is 19.9 Å². The summed E-state index contributed by atoms with van der Waals surface area (Å²) >= 11 is 6.47. The van der Waals surface area contributed by atoms with Gasteiger partial charge in [0.2, 0.25) is 0 Å². The SMILES string of the molecule is C/C1=N/C=C(/c2ccnc(C(C)(C)O)n2)COCN1c1cc(Cl)c(OCc2ncc(F)cc2F)cc1C. The molecule has 0 bridgehead atoms. The van der Waals surface area contributed by atoms with E-state index in [0.717, 1.165) is 29.1 Å². The first kappa shape index (κ1) is 26.6. The summed E-state index contributed by atoms with van der Waals surface area (Å²) in [6.45, 7) is 7.18. The van der Waals surface area contributed by atoms with Crippen LogP contribution in [0.5, 0.6) is 5.75 Å². The third-order valence-corrected chi connectivity index (χ3v) is 5.89. The number of aryl methyl sites for hydroxylation is 1. The summed E-state index contributed by atoms with van der Waals surface area (Å²) in [6, 6.07) is 5.94. The molecule has 0 unspecified atom stereocenters. The van der Waals surface area contributed by atoms with Gasteiger partial charge >= 0.3 is 0 Å². The second-order valence-electron chi connectivity index (χ2n) is 9.00. The van der Waals surface area contributed by atoms with Gasteiger partial charge in [-0.05, 0) is 51.5 Å². The maximum absolute atomic E-state index is 13.9. The summed E-state index contributed by atoms with van der Waals surface area (Å²) < 4.78 is 38.6. The van der Waals surface area contributed by atoms with Crippen molar-refractivity contribution in [2.45, 2.75) is 39.9 Å². The van der Waals surface area contributed by atoms with E-state index in [1.165, 1.54) is 0 Å². The zero-order valence-electron chi connectivity index (χ0n) is 20.8. The first-order valence-corrected chi connectivity index (χ1v) is 11.8. The van der Waals surface area contributed by atoms with E-state index < -0.39 is 17.2 Å². The monoisotopic (exact) mass is 529 g/mol. The number of amidine groups is 1. The predicted molar refractivity (Wildman–Crippen MR) is 136 cm³/mol. The number of benzene rings is 1. The zero-order chi connectivity index (χ0) is 26.7. The van der Waals surface area contributed by atoms with E-state index in [4.69, 9.17) is 21.1 Å². The lowest BCUT2D eigenvalue weighted by molar-refractivity contribution is 0.0685. The van der Waals surface area contributed by atoms with Crippen LogP contribution in [-0.2, 0) is 16.9 Å². The Labute approximate surface area is 218 Å². The van der Waals surface area contributed by atoms with Crippen molar-refractivity contribution in [3.8, 4) is 5.75 Å². The molecule has 0 spiro atoms. The van der Waals surface area contributed by atoms with E-state index >= 15 is 0 Å². The Hall–Kier alpha value is -3.47. The van der Waals surface area contributed by atoms with Crippen LogP contribution in [0, 0.1) is 18.6 Å². The van der Waals surface area contributed by atoms with Gasteiger partial charge in [0.05, 0.1) is 23.5 Å². The van der Waals surface area contributed by atoms with Crippen molar-refractivity contribution in [1.29, 1.82) is 0 Å². The van der Waals surface area contributed by atoms with Crippen LogP contribution in [0.3, 0.4) is 0 Å². The van der Waals surface area contributed by atoms with Crippen molar-refractivity contribution in [2.75, 3.05) is 18.2 Å². The Morgan fingerprint density at radius 1 is 1.19 bits per heavy atom. The molecule has 194 valence electrons. The molecule has 3 heterocycles. The summed E-state index contributed by atoms with van der Waals surface area (Å²) in [5, 5.41) is 10.5. The smallest absolute Gasteiger partial charge is 0.159 e. The third-order valence-electron chi connectivity index (χ3n) is 5.60. The molecule has 0 atom stereocenters. The van der Waals surface area contributed by atoms with Gasteiger partial charge in [-0.25, -0.2) is 23.7 Å². The van der Waals surface area contributed by atoms with Crippen LogP contribution in [0.4, 0.5) is 14.5 Å². The van der Waals surface area contributed by atoms with E-state index in [0.29, 0.717) is 28.1 Å². The number of hydrogen-bond donors (Lipinski definition) is 1. The van der Waals surface area contributed by atoms with Gasteiger partial charge < -0.3 is 19.5 Å². The van der Waals surface area contributed by atoms with E-state index in [9.17, 15) is 13.9 Å². The van der Waals surface area contributed by atoms with Crippen molar-refractivity contribution in [2.24, 2.45) is 4.99 Å². The lowest BCUT2D eigenvalue weighted by Crippen LogP contribution is -2.33. The molecule has 37 heavy (non-hydrogen) atoms. The number of aliphatic hydroxyl groups is 1. The molecule has 0 saturated carbocycles. The summed E-state index contributed by atoms with van der Waals surface area (Å²) in [7, 11) is 0. The van der Waals surface area contributed by atoms with Gasteiger partial charge in [0.1, 0.15) is 42.0 Å². The van der Waals surface area contributed by atoms with Crippen LogP contribution in [0.25, 0.3) is 5.57 Å². The van der Waals surface area contributed by atoms with E-state index in [-0.39, 0.29) is 25.6 Å². The van der Waals surface area contributed by atoms with Crippen LogP contribution in [0.2, 0.25) is 5.02 Å². The second-order valence-corrected chi connectivity index (χ2v) is 9.41. The lowest BCUT2D eigenvalue weighted by Gasteiger charge is -2.28. The van der Waals surface area contributed by atoms with Gasteiger partial charge in [-0.2, -0.15) is 0 Å². The molecule has 0 aliphatic carbocycles. The molecule has 8 nitrogen and oxygen atoms in total. The summed E-state index contributed by atoms with van der Waals surface area (Å²) in [5.41, 5.74) is 1.73. The van der Waals surface area contributed by atoms with Gasteiger partial charge in [-0.3, -0.25) is 4.98 Å². The largest absolute Gasteiger partial charge is 0.486 e. The van der Waals surface area contributed by atoms with E-state index in [1.807, 2.05) is 18.7 Å². The molecule has 0 amide bonds. The molecule has 4 rings (SSSR count). The molecular weight excluding hydrogens is 504 g/mol. The minimum atomic E-state index is -1.18. The van der Waals surface area contributed by atoms with Crippen LogP contribution < -0.4 is 9.64 Å². The number of aliphatic imine (C=N–C) groups is 1. The van der Waals surface area contributed by atoms with E-state index in [1.54, 1.807) is 44.4 Å². The fraction of sp³-hybridized carbons (Fsp3) is 0.308. The van der Waals surface area contributed by atoms with Crippen LogP contribution in [0.15, 0.2) is 47.9 Å². The highest BCUT2D eigenvalue weighted by molar-refractivity contribution is 6.32. The predicted octanol–water partition coefficient (Wildman–Crippen LogP) is 5.17. The van der Waals surface area contributed by atoms with Crippen molar-refractivity contribution in [3.05, 3.63) is 82.3 Å². The maximum Gasteiger partial charge on any atom is 0.159 e. The summed E-state index contributed by atoms with van der Waals surface area (Å²) in [4.78, 5) is 18.8. The molecule has 2 aromatic heterocycles. The minimum Gasteiger partial charge on any atom is -0.486 e. The molecule has 1 N–H and O–H groups in total. The van der Waals surface area contributed by atoms with Crippen molar-refractivity contribution in [3.63, 3.8) is 0 Å². The second kappa shape index (κ2) is 10.9. The Morgan fingerprint density at radius 3 is 2.70 bits per heavy atom. The lowest BCUT2D eigenvalue weighted by atomic mass is 10.1. The standard InChI is InChI=1S/C26H26ClF2N5O3/c1-15-7-24(37-13-22-20(29)8-18(28)11-32-22)19(27)9-23(15)34-14-36-12-17(10-31-16(34)2)21-5-6-30-25(33-21)26(3,4)35/h5-11,35H,12-14H2,1-4H3/b17-10+,31-16-. The third kappa shape index (κ3) is 6.27. The first-order chi connectivity index (χ1) is 17.5. The van der Waals surface area contributed by atoms with Crippen LogP contribution in [0.1, 0.15) is 43.5 Å². The average Bonchev–Trinajstić information content (AvgIpc) is 2.83. The highest BCUT2D eigenvalue weighted by Crippen LogP contribution is 2.34. The quantitative estimate of drug-likeness (QED) is 0.471. The zero-order valence-corrected chi connectivity index (χ0v) is 21.6. The maximum atomic E-state index is 13.9. The van der Waals surface area contributed by atoms with Crippen molar-refractivity contribution < 1.29 is 23.4 Å². The number of halogens is 3. The van der Waals surface area contributed by atoms with Gasteiger partial charge in [0.15, 0.2) is 11.6 Å². The number of aromatic nitrogens is 3. The minimum absolute atomic E-state index is 0.0275. The number of ether oxygens (including phenoxy) is 2. The highest BCUT2D eigenvalue weighted by Gasteiger charge is 2.22. The fourth-order valence-corrected chi connectivity index (χ4v) is 3.79. The topological polar surface area (TPSA) is 93.0 Å². The highest BCUT2D eigenvalue weighted by atomic mass is 35.5. The molecular formula is C26H26ClF2N5O3. The molecule has 11 heteroatoms. The van der Waals surface area contributed by atoms with Gasteiger partial charge in [0, 0.05) is 29.7 Å². The normalized spacial score (nSPS) is 17.4. The number of pyridine rings is 1. The number of nitrogens with zero attached hydrogens (tertiary/aromatic N) is 5. The Kier molecular flexibility index (Phi) is 7.82. The molecule has 3 aromatic rings. The van der Waals surface area contributed by atoms with Crippen molar-refractivity contribution in [1.82, 2.24) is 15.0 Å². The van der Waals surface area contributed by atoms with Gasteiger partial charge in [-0.15, -0.1) is 0 Å². The number of rotatable bonds is 6. The first-order valence-electron chi connectivity index (χ1n) is 11.4. The Bertz CT molecular complexity index is 1370.